The minimum absolute atomic E-state index is 0.000744. The van der Waals surface area contributed by atoms with Crippen LogP contribution in [0.15, 0.2) is 47.8 Å². The van der Waals surface area contributed by atoms with Gasteiger partial charge in [0.05, 0.1) is 12.2 Å². The third kappa shape index (κ3) is 4.49. The van der Waals surface area contributed by atoms with Crippen LogP contribution in [0.4, 0.5) is 0 Å². The number of aryl methyl sites for hydroxylation is 2. The predicted molar refractivity (Wildman–Crippen MR) is 106 cm³/mol. The van der Waals surface area contributed by atoms with Gasteiger partial charge in [-0.1, -0.05) is 42.0 Å². The van der Waals surface area contributed by atoms with Crippen molar-refractivity contribution in [2.45, 2.75) is 27.3 Å². The summed E-state index contributed by atoms with van der Waals surface area (Å²) in [7, 11) is 0. The van der Waals surface area contributed by atoms with Gasteiger partial charge in [0.25, 0.3) is 5.91 Å². The van der Waals surface area contributed by atoms with Crippen molar-refractivity contribution in [2.24, 2.45) is 0 Å². The van der Waals surface area contributed by atoms with Crippen molar-refractivity contribution in [3.63, 3.8) is 0 Å². The lowest BCUT2D eigenvalue weighted by Gasteiger charge is -2.10. The first-order valence-electron chi connectivity index (χ1n) is 8.50. The van der Waals surface area contributed by atoms with Crippen molar-refractivity contribution in [3.8, 4) is 16.3 Å². The molecule has 1 N–H and O–H groups in total. The van der Waals surface area contributed by atoms with E-state index >= 15 is 0 Å². The van der Waals surface area contributed by atoms with Gasteiger partial charge in [0.2, 0.25) is 0 Å². The lowest BCUT2D eigenvalue weighted by Crippen LogP contribution is -2.28. The maximum absolute atomic E-state index is 12.0. The Bertz CT molecular complexity index is 901. The number of hydrogen-bond donors (Lipinski definition) is 1. The number of hydrogen-bond acceptors (Lipinski definition) is 4. The topological polar surface area (TPSA) is 51.2 Å². The lowest BCUT2D eigenvalue weighted by atomic mass is 10.1. The van der Waals surface area contributed by atoms with E-state index in [1.807, 2.05) is 37.4 Å². The molecule has 0 saturated carbocycles. The van der Waals surface area contributed by atoms with Gasteiger partial charge < -0.3 is 10.1 Å². The molecule has 1 aromatic heterocycles. The first kappa shape index (κ1) is 18.1. The Labute approximate surface area is 157 Å². The van der Waals surface area contributed by atoms with Gasteiger partial charge >= 0.3 is 0 Å². The molecular formula is C21H22N2O2S. The zero-order valence-corrected chi connectivity index (χ0v) is 16.0. The summed E-state index contributed by atoms with van der Waals surface area (Å²) in [6, 6.07) is 14.1. The summed E-state index contributed by atoms with van der Waals surface area (Å²) in [6.07, 6.45) is 0. The Morgan fingerprint density at radius 1 is 1.12 bits per heavy atom. The largest absolute Gasteiger partial charge is 0.483 e. The van der Waals surface area contributed by atoms with Gasteiger partial charge in [-0.3, -0.25) is 4.79 Å². The molecule has 0 atom stereocenters. The predicted octanol–water partition coefficient (Wildman–Crippen LogP) is 4.43. The highest BCUT2D eigenvalue weighted by molar-refractivity contribution is 7.13. The second-order valence-electron chi connectivity index (χ2n) is 6.27. The van der Waals surface area contributed by atoms with Gasteiger partial charge in [0, 0.05) is 10.9 Å². The van der Waals surface area contributed by atoms with Crippen LogP contribution in [0.2, 0.25) is 0 Å². The minimum Gasteiger partial charge on any atom is -0.483 e. The minimum atomic E-state index is -0.157. The maximum atomic E-state index is 12.0. The Balaban J connectivity index is 1.52. The lowest BCUT2D eigenvalue weighted by molar-refractivity contribution is -0.123. The van der Waals surface area contributed by atoms with Crippen molar-refractivity contribution >= 4 is 17.2 Å². The first-order chi connectivity index (χ1) is 12.5. The van der Waals surface area contributed by atoms with Crippen LogP contribution < -0.4 is 10.1 Å². The molecule has 2 aromatic carbocycles. The quantitative estimate of drug-likeness (QED) is 0.702. The number of ether oxygens (including phenoxy) is 1. The van der Waals surface area contributed by atoms with E-state index in [-0.39, 0.29) is 12.5 Å². The summed E-state index contributed by atoms with van der Waals surface area (Å²) in [4.78, 5) is 16.6. The normalized spacial score (nSPS) is 10.6. The third-order valence-corrected chi connectivity index (χ3v) is 5.17. The van der Waals surface area contributed by atoms with Crippen LogP contribution in [0, 0.1) is 20.8 Å². The van der Waals surface area contributed by atoms with Crippen LogP contribution in [0.3, 0.4) is 0 Å². The standard InChI is InChI=1S/C21H22N2O2S/c1-14-7-9-17(10-8-14)21-23-18(13-26-21)11-22-20(24)12-25-19-6-4-5-15(2)16(19)3/h4-10,13H,11-12H2,1-3H3,(H,22,24). The summed E-state index contributed by atoms with van der Waals surface area (Å²) < 4.78 is 5.62. The van der Waals surface area contributed by atoms with Gasteiger partial charge in [-0.2, -0.15) is 0 Å². The van der Waals surface area contributed by atoms with E-state index in [0.717, 1.165) is 33.1 Å². The van der Waals surface area contributed by atoms with E-state index in [0.29, 0.717) is 6.54 Å². The van der Waals surface area contributed by atoms with Crippen LogP contribution >= 0.6 is 11.3 Å². The van der Waals surface area contributed by atoms with Crippen LogP contribution in [-0.4, -0.2) is 17.5 Å². The molecule has 0 aliphatic heterocycles. The van der Waals surface area contributed by atoms with Crippen molar-refractivity contribution in [1.29, 1.82) is 0 Å². The number of nitrogens with zero attached hydrogens (tertiary/aromatic N) is 1. The molecule has 0 fully saturated rings. The number of carbonyl (C=O) groups excluding carboxylic acids is 1. The van der Waals surface area contributed by atoms with Gasteiger partial charge in [0.15, 0.2) is 6.61 Å². The average molecular weight is 366 g/mol. The molecule has 4 nitrogen and oxygen atoms in total. The number of amides is 1. The van der Waals surface area contributed by atoms with Gasteiger partial charge in [0.1, 0.15) is 10.8 Å². The maximum Gasteiger partial charge on any atom is 0.258 e. The summed E-state index contributed by atoms with van der Waals surface area (Å²) in [5.41, 5.74) is 5.38. The Morgan fingerprint density at radius 3 is 2.65 bits per heavy atom. The Morgan fingerprint density at radius 2 is 1.88 bits per heavy atom. The highest BCUT2D eigenvalue weighted by Gasteiger charge is 2.08. The van der Waals surface area contributed by atoms with Crippen molar-refractivity contribution in [3.05, 3.63) is 70.2 Å². The molecule has 3 aromatic rings. The van der Waals surface area contributed by atoms with Crippen molar-refractivity contribution < 1.29 is 9.53 Å². The molecule has 0 spiro atoms. The highest BCUT2D eigenvalue weighted by Crippen LogP contribution is 2.24. The number of carbonyl (C=O) groups is 1. The van der Waals surface area contributed by atoms with Crippen LogP contribution in [-0.2, 0) is 11.3 Å². The highest BCUT2D eigenvalue weighted by atomic mass is 32.1. The number of benzene rings is 2. The third-order valence-electron chi connectivity index (χ3n) is 4.23. The van der Waals surface area contributed by atoms with Gasteiger partial charge in [-0.05, 0) is 38.0 Å². The SMILES string of the molecule is Cc1ccc(-c2nc(CNC(=O)COc3cccc(C)c3C)cs2)cc1. The summed E-state index contributed by atoms with van der Waals surface area (Å²) in [5.74, 6) is 0.589. The fourth-order valence-corrected chi connectivity index (χ4v) is 3.31. The van der Waals surface area contributed by atoms with Crippen molar-refractivity contribution in [1.82, 2.24) is 10.3 Å². The van der Waals surface area contributed by atoms with Gasteiger partial charge in [-0.15, -0.1) is 11.3 Å². The number of aromatic nitrogens is 1. The molecule has 0 aliphatic rings. The zero-order chi connectivity index (χ0) is 18.5. The average Bonchev–Trinajstić information content (AvgIpc) is 3.11. The molecule has 3 rings (SSSR count). The summed E-state index contributed by atoms with van der Waals surface area (Å²) in [6.45, 7) is 6.48. The van der Waals surface area contributed by atoms with Crippen LogP contribution in [0.5, 0.6) is 5.75 Å². The Kier molecular flexibility index (Phi) is 5.68. The summed E-state index contributed by atoms with van der Waals surface area (Å²) in [5, 5.41) is 5.79. The molecule has 5 heteroatoms. The van der Waals surface area contributed by atoms with Gasteiger partial charge in [-0.25, -0.2) is 4.98 Å². The molecule has 0 bridgehead atoms. The van der Waals surface area contributed by atoms with E-state index in [1.165, 1.54) is 5.56 Å². The fourth-order valence-electron chi connectivity index (χ4n) is 2.48. The van der Waals surface area contributed by atoms with E-state index in [9.17, 15) is 4.79 Å². The molecule has 0 aliphatic carbocycles. The van der Waals surface area contributed by atoms with E-state index in [2.05, 4.69) is 41.5 Å². The first-order valence-corrected chi connectivity index (χ1v) is 9.38. The van der Waals surface area contributed by atoms with Crippen LogP contribution in [0.25, 0.3) is 10.6 Å². The van der Waals surface area contributed by atoms with E-state index in [1.54, 1.807) is 11.3 Å². The fraction of sp³-hybridized carbons (Fsp3) is 0.238. The van der Waals surface area contributed by atoms with E-state index < -0.39 is 0 Å². The molecule has 134 valence electrons. The monoisotopic (exact) mass is 366 g/mol. The number of thiazole rings is 1. The van der Waals surface area contributed by atoms with E-state index in [4.69, 9.17) is 4.74 Å². The number of rotatable bonds is 6. The molecule has 1 heterocycles. The molecule has 26 heavy (non-hydrogen) atoms. The molecular weight excluding hydrogens is 344 g/mol. The number of nitrogens with one attached hydrogen (secondary N) is 1. The summed E-state index contributed by atoms with van der Waals surface area (Å²) >= 11 is 1.58. The smallest absolute Gasteiger partial charge is 0.258 e. The van der Waals surface area contributed by atoms with Crippen LogP contribution in [0.1, 0.15) is 22.4 Å². The molecule has 1 amide bonds. The second kappa shape index (κ2) is 8.15. The Hall–Kier alpha value is -2.66. The van der Waals surface area contributed by atoms with Crippen molar-refractivity contribution in [2.75, 3.05) is 6.61 Å². The zero-order valence-electron chi connectivity index (χ0n) is 15.2. The molecule has 0 radical (unpaired) electrons. The molecule has 0 saturated heterocycles. The molecule has 0 unspecified atom stereocenters. The second-order valence-corrected chi connectivity index (χ2v) is 7.13.